The summed E-state index contributed by atoms with van der Waals surface area (Å²) >= 11 is 0. The molecule has 0 aliphatic heterocycles. The van der Waals surface area contributed by atoms with Gasteiger partial charge in [-0.15, -0.1) is 0 Å². The highest BCUT2D eigenvalue weighted by molar-refractivity contribution is 5.92. The highest BCUT2D eigenvalue weighted by Crippen LogP contribution is 2.21. The Kier molecular flexibility index (Phi) is 6.52. The Hall–Kier alpha value is -1.55. The molecular weight excluding hydrogens is 252 g/mol. The Morgan fingerprint density at radius 3 is 2.35 bits per heavy atom. The molecule has 0 bridgehead atoms. The second-order valence-corrected chi connectivity index (χ2v) is 5.59. The van der Waals surface area contributed by atoms with Gasteiger partial charge in [0.2, 0.25) is 5.91 Å². The molecule has 1 atom stereocenters. The molecule has 0 aliphatic carbocycles. The lowest BCUT2D eigenvalue weighted by molar-refractivity contribution is -0.119. The van der Waals surface area contributed by atoms with Crippen molar-refractivity contribution in [3.05, 3.63) is 24.3 Å². The third-order valence-electron chi connectivity index (χ3n) is 3.44. The van der Waals surface area contributed by atoms with Gasteiger partial charge in [-0.05, 0) is 49.1 Å². The molecule has 1 aromatic rings. The van der Waals surface area contributed by atoms with Crippen LogP contribution in [0.25, 0.3) is 0 Å². The van der Waals surface area contributed by atoms with Gasteiger partial charge in [0.05, 0.1) is 7.11 Å². The van der Waals surface area contributed by atoms with Crippen LogP contribution in [0.3, 0.4) is 0 Å². The molecule has 0 radical (unpaired) electrons. The van der Waals surface area contributed by atoms with Crippen LogP contribution < -0.4 is 15.4 Å². The molecule has 1 amide bonds. The summed E-state index contributed by atoms with van der Waals surface area (Å²) in [7, 11) is 3.43. The molecule has 0 fully saturated rings. The number of ether oxygens (including phenoxy) is 1. The van der Waals surface area contributed by atoms with Gasteiger partial charge < -0.3 is 15.4 Å². The first-order valence-electron chi connectivity index (χ1n) is 7.08. The first-order chi connectivity index (χ1) is 9.47. The van der Waals surface area contributed by atoms with Crippen molar-refractivity contribution in [3.63, 3.8) is 0 Å². The summed E-state index contributed by atoms with van der Waals surface area (Å²) in [6, 6.07) is 7.48. The molecule has 1 rings (SSSR count). The molecule has 0 heterocycles. The number of rotatable bonds is 7. The van der Waals surface area contributed by atoms with E-state index >= 15 is 0 Å². The molecule has 0 saturated heterocycles. The average molecular weight is 278 g/mol. The van der Waals surface area contributed by atoms with Crippen molar-refractivity contribution >= 4 is 11.6 Å². The van der Waals surface area contributed by atoms with E-state index in [1.165, 1.54) is 0 Å². The zero-order valence-corrected chi connectivity index (χ0v) is 12.9. The maximum Gasteiger partial charge on any atom is 0.227 e. The van der Waals surface area contributed by atoms with E-state index in [0.717, 1.165) is 17.9 Å². The Labute approximate surface area is 121 Å². The van der Waals surface area contributed by atoms with E-state index in [9.17, 15) is 4.79 Å². The predicted octanol–water partition coefficient (Wildman–Crippen LogP) is 2.67. The molecule has 0 saturated carbocycles. The summed E-state index contributed by atoms with van der Waals surface area (Å²) in [6.45, 7) is 4.86. The van der Waals surface area contributed by atoms with Crippen LogP contribution in [0.2, 0.25) is 0 Å². The second kappa shape index (κ2) is 7.90. The maximum atomic E-state index is 12.3. The van der Waals surface area contributed by atoms with Crippen LogP contribution in [-0.2, 0) is 4.79 Å². The quantitative estimate of drug-likeness (QED) is 0.834. The highest BCUT2D eigenvalue weighted by Gasteiger charge is 2.18. The highest BCUT2D eigenvalue weighted by atomic mass is 16.5. The van der Waals surface area contributed by atoms with Gasteiger partial charge in [0, 0.05) is 19.2 Å². The van der Waals surface area contributed by atoms with Crippen LogP contribution >= 0.6 is 0 Å². The van der Waals surface area contributed by atoms with Crippen molar-refractivity contribution < 1.29 is 9.53 Å². The lowest BCUT2D eigenvalue weighted by Crippen LogP contribution is -2.30. The second-order valence-electron chi connectivity index (χ2n) is 5.59. The zero-order chi connectivity index (χ0) is 15.1. The first-order valence-corrected chi connectivity index (χ1v) is 7.08. The van der Waals surface area contributed by atoms with Crippen molar-refractivity contribution in [1.82, 2.24) is 0 Å². The topological polar surface area (TPSA) is 55.6 Å². The number of nitrogens with two attached hydrogens (primary N) is 1. The summed E-state index contributed by atoms with van der Waals surface area (Å²) in [5, 5.41) is 0. The number of methoxy groups -OCH3 is 1. The van der Waals surface area contributed by atoms with Gasteiger partial charge in [0.15, 0.2) is 0 Å². The third-order valence-corrected chi connectivity index (χ3v) is 3.44. The molecule has 4 nitrogen and oxygen atoms in total. The van der Waals surface area contributed by atoms with E-state index in [2.05, 4.69) is 13.8 Å². The van der Waals surface area contributed by atoms with E-state index in [1.807, 2.05) is 24.3 Å². The van der Waals surface area contributed by atoms with Crippen LogP contribution in [0.4, 0.5) is 5.69 Å². The molecule has 4 heteroatoms. The van der Waals surface area contributed by atoms with Crippen LogP contribution in [-0.4, -0.2) is 26.6 Å². The summed E-state index contributed by atoms with van der Waals surface area (Å²) in [5.74, 6) is 1.70. The van der Waals surface area contributed by atoms with E-state index < -0.39 is 0 Å². The standard InChI is InChI=1S/C16H26N2O2/c1-12(2)9-13(11-17)10-16(19)18(3)14-5-7-15(20-4)8-6-14/h5-8,12-13H,9-11,17H2,1-4H3. The minimum atomic E-state index is 0.103. The van der Waals surface area contributed by atoms with Gasteiger partial charge in [-0.1, -0.05) is 13.8 Å². The maximum absolute atomic E-state index is 12.3. The van der Waals surface area contributed by atoms with Gasteiger partial charge in [-0.2, -0.15) is 0 Å². The Bertz CT molecular complexity index is 415. The van der Waals surface area contributed by atoms with Gasteiger partial charge >= 0.3 is 0 Å². The molecule has 112 valence electrons. The SMILES string of the molecule is COc1ccc(N(C)C(=O)CC(CN)CC(C)C)cc1. The molecule has 1 unspecified atom stereocenters. The van der Waals surface area contributed by atoms with Crippen LogP contribution in [0.1, 0.15) is 26.7 Å². The average Bonchev–Trinajstić information content (AvgIpc) is 2.45. The smallest absolute Gasteiger partial charge is 0.227 e. The Morgan fingerprint density at radius 2 is 1.90 bits per heavy atom. The molecule has 0 aliphatic rings. The fourth-order valence-corrected chi connectivity index (χ4v) is 2.26. The molecule has 2 N–H and O–H groups in total. The number of nitrogens with zero attached hydrogens (tertiary/aromatic N) is 1. The van der Waals surface area contributed by atoms with Crippen molar-refractivity contribution in [2.24, 2.45) is 17.6 Å². The lowest BCUT2D eigenvalue weighted by Gasteiger charge is -2.22. The Morgan fingerprint density at radius 1 is 1.30 bits per heavy atom. The fourth-order valence-electron chi connectivity index (χ4n) is 2.26. The molecule has 0 spiro atoms. The van der Waals surface area contributed by atoms with Gasteiger partial charge in [0.25, 0.3) is 0 Å². The summed E-state index contributed by atoms with van der Waals surface area (Å²) in [6.07, 6.45) is 1.48. The van der Waals surface area contributed by atoms with E-state index in [-0.39, 0.29) is 11.8 Å². The Balaban J connectivity index is 2.65. The normalized spacial score (nSPS) is 12.3. The molecule has 20 heavy (non-hydrogen) atoms. The zero-order valence-electron chi connectivity index (χ0n) is 12.9. The minimum absolute atomic E-state index is 0.103. The lowest BCUT2D eigenvalue weighted by atomic mass is 9.94. The van der Waals surface area contributed by atoms with Gasteiger partial charge in [-0.3, -0.25) is 4.79 Å². The minimum Gasteiger partial charge on any atom is -0.497 e. The molecule has 0 aromatic heterocycles. The number of carbonyl (C=O) groups excluding carboxylic acids is 1. The predicted molar refractivity (Wildman–Crippen MR) is 83.0 cm³/mol. The van der Waals surface area contributed by atoms with Crippen LogP contribution in [0, 0.1) is 11.8 Å². The fraction of sp³-hybridized carbons (Fsp3) is 0.562. The van der Waals surface area contributed by atoms with E-state index in [1.54, 1.807) is 19.1 Å². The van der Waals surface area contributed by atoms with Crippen molar-refractivity contribution in [2.45, 2.75) is 26.7 Å². The van der Waals surface area contributed by atoms with Gasteiger partial charge in [-0.25, -0.2) is 0 Å². The number of anilines is 1. The first kappa shape index (κ1) is 16.5. The van der Waals surface area contributed by atoms with Crippen molar-refractivity contribution in [1.29, 1.82) is 0 Å². The van der Waals surface area contributed by atoms with Crippen molar-refractivity contribution in [2.75, 3.05) is 25.6 Å². The third kappa shape index (κ3) is 4.85. The van der Waals surface area contributed by atoms with Crippen molar-refractivity contribution in [3.8, 4) is 5.75 Å². The number of benzene rings is 1. The van der Waals surface area contributed by atoms with Crippen LogP contribution in [0.15, 0.2) is 24.3 Å². The number of amides is 1. The summed E-state index contributed by atoms with van der Waals surface area (Å²) in [4.78, 5) is 14.0. The number of carbonyl (C=O) groups is 1. The van der Waals surface area contributed by atoms with Gasteiger partial charge in [0.1, 0.15) is 5.75 Å². The molecular formula is C16H26N2O2. The molecule has 1 aromatic carbocycles. The number of hydrogen-bond acceptors (Lipinski definition) is 3. The van der Waals surface area contributed by atoms with E-state index in [4.69, 9.17) is 10.5 Å². The number of hydrogen-bond donors (Lipinski definition) is 1. The van der Waals surface area contributed by atoms with E-state index in [0.29, 0.717) is 18.9 Å². The summed E-state index contributed by atoms with van der Waals surface area (Å²) in [5.41, 5.74) is 6.63. The largest absolute Gasteiger partial charge is 0.497 e. The van der Waals surface area contributed by atoms with Crippen LogP contribution in [0.5, 0.6) is 5.75 Å². The summed E-state index contributed by atoms with van der Waals surface area (Å²) < 4.78 is 5.12. The monoisotopic (exact) mass is 278 g/mol.